The maximum absolute atomic E-state index is 5.95. The van der Waals surface area contributed by atoms with Crippen LogP contribution in [0.1, 0.15) is 0 Å². The van der Waals surface area contributed by atoms with E-state index in [2.05, 4.69) is 26.1 Å². The van der Waals surface area contributed by atoms with Crippen molar-refractivity contribution >= 4 is 37.9 Å². The van der Waals surface area contributed by atoms with Crippen LogP contribution in [0.25, 0.3) is 33.2 Å². The number of para-hydroxylation sites is 1. The zero-order valence-electron chi connectivity index (χ0n) is 10.4. The summed E-state index contributed by atoms with van der Waals surface area (Å²) >= 11 is 3.44. The Kier molecular flexibility index (Phi) is 2.57. The summed E-state index contributed by atoms with van der Waals surface area (Å²) < 4.78 is 6.99. The van der Waals surface area contributed by atoms with Crippen molar-refractivity contribution in [3.8, 4) is 11.3 Å². The highest BCUT2D eigenvalue weighted by atomic mass is 79.9. The molecule has 2 aromatic heterocycles. The largest absolute Gasteiger partial charge is 0.454 e. The van der Waals surface area contributed by atoms with E-state index in [0.717, 1.165) is 37.7 Å². The Bertz CT molecular complexity index is 913. The van der Waals surface area contributed by atoms with Gasteiger partial charge in [0, 0.05) is 15.4 Å². The summed E-state index contributed by atoms with van der Waals surface area (Å²) in [5.41, 5.74) is 3.40. The first-order valence-corrected chi connectivity index (χ1v) is 7.01. The molecule has 0 amide bonds. The zero-order chi connectivity index (χ0) is 13.5. The molecule has 0 N–H and O–H groups in total. The van der Waals surface area contributed by atoms with E-state index in [4.69, 9.17) is 4.42 Å². The van der Waals surface area contributed by atoms with Crippen LogP contribution in [0.2, 0.25) is 0 Å². The van der Waals surface area contributed by atoms with Crippen molar-refractivity contribution in [1.82, 2.24) is 10.2 Å². The van der Waals surface area contributed by atoms with Gasteiger partial charge in [0.2, 0.25) is 0 Å². The number of rotatable bonds is 1. The number of hydrogen-bond acceptors (Lipinski definition) is 3. The smallest absolute Gasteiger partial charge is 0.165 e. The fourth-order valence-electron chi connectivity index (χ4n) is 2.36. The fraction of sp³-hybridized carbons (Fsp3) is 0. The highest BCUT2D eigenvalue weighted by molar-refractivity contribution is 9.10. The molecule has 0 radical (unpaired) electrons. The van der Waals surface area contributed by atoms with E-state index < -0.39 is 0 Å². The van der Waals surface area contributed by atoms with Gasteiger partial charge in [-0.1, -0.05) is 46.3 Å². The van der Waals surface area contributed by atoms with Crippen LogP contribution in [0.5, 0.6) is 0 Å². The van der Waals surface area contributed by atoms with E-state index in [1.54, 1.807) is 6.20 Å². The lowest BCUT2D eigenvalue weighted by molar-refractivity contribution is 0.666. The lowest BCUT2D eigenvalue weighted by Crippen LogP contribution is -1.87. The third-order valence-corrected chi connectivity index (χ3v) is 3.84. The van der Waals surface area contributed by atoms with Gasteiger partial charge < -0.3 is 4.42 Å². The molecule has 4 aromatic rings. The van der Waals surface area contributed by atoms with Gasteiger partial charge in [-0.25, -0.2) is 0 Å². The highest BCUT2D eigenvalue weighted by Crippen LogP contribution is 2.33. The second-order valence-electron chi connectivity index (χ2n) is 4.54. The maximum atomic E-state index is 5.95. The summed E-state index contributed by atoms with van der Waals surface area (Å²) in [6.45, 7) is 0. The Balaban J connectivity index is 2.07. The number of furan rings is 1. The van der Waals surface area contributed by atoms with Crippen molar-refractivity contribution in [3.05, 3.63) is 59.2 Å². The normalized spacial score (nSPS) is 11.2. The van der Waals surface area contributed by atoms with Gasteiger partial charge in [-0.15, -0.1) is 5.10 Å². The van der Waals surface area contributed by atoms with Gasteiger partial charge in [-0.05, 0) is 18.2 Å². The first kappa shape index (κ1) is 11.6. The molecule has 0 saturated carbocycles. The second kappa shape index (κ2) is 4.42. The molecule has 20 heavy (non-hydrogen) atoms. The average molecular weight is 325 g/mol. The third kappa shape index (κ3) is 1.72. The number of halogens is 1. The second-order valence-corrected chi connectivity index (χ2v) is 5.46. The Morgan fingerprint density at radius 3 is 2.55 bits per heavy atom. The van der Waals surface area contributed by atoms with Crippen LogP contribution in [0, 0.1) is 0 Å². The lowest BCUT2D eigenvalue weighted by atomic mass is 10.1. The van der Waals surface area contributed by atoms with Gasteiger partial charge in [-0.3, -0.25) is 0 Å². The van der Waals surface area contributed by atoms with Crippen LogP contribution >= 0.6 is 15.9 Å². The van der Waals surface area contributed by atoms with Crippen LogP contribution in [0.15, 0.2) is 63.6 Å². The predicted octanol–water partition coefficient (Wildman–Crippen LogP) is 4.81. The molecule has 4 rings (SSSR count). The van der Waals surface area contributed by atoms with Crippen LogP contribution in [0.3, 0.4) is 0 Å². The first-order chi connectivity index (χ1) is 9.83. The van der Waals surface area contributed by atoms with Crippen LogP contribution in [-0.4, -0.2) is 10.2 Å². The van der Waals surface area contributed by atoms with Crippen molar-refractivity contribution in [2.45, 2.75) is 0 Å². The number of fused-ring (bicyclic) bond motifs is 3. The number of benzene rings is 2. The van der Waals surface area contributed by atoms with Crippen molar-refractivity contribution in [2.24, 2.45) is 0 Å². The van der Waals surface area contributed by atoms with E-state index in [1.165, 1.54) is 0 Å². The fourth-order valence-corrected chi connectivity index (χ4v) is 2.62. The molecule has 2 heterocycles. The van der Waals surface area contributed by atoms with Gasteiger partial charge in [0.05, 0.1) is 11.6 Å². The highest BCUT2D eigenvalue weighted by Gasteiger charge is 2.13. The molecule has 96 valence electrons. The van der Waals surface area contributed by atoms with Gasteiger partial charge in [0.15, 0.2) is 5.58 Å². The van der Waals surface area contributed by atoms with Gasteiger partial charge >= 0.3 is 0 Å². The minimum Gasteiger partial charge on any atom is -0.454 e. The lowest BCUT2D eigenvalue weighted by Gasteiger charge is -2.00. The molecule has 0 fully saturated rings. The van der Waals surface area contributed by atoms with Crippen LogP contribution in [0.4, 0.5) is 0 Å². The topological polar surface area (TPSA) is 38.9 Å². The Hall–Kier alpha value is -2.20. The standard InChI is InChI=1S/C16H9BrN2O/c17-11-7-5-10(6-8-11)15-16-13(9-18-19-15)12-3-1-2-4-14(12)20-16/h1-9H. The molecular formula is C16H9BrN2O. The zero-order valence-corrected chi connectivity index (χ0v) is 12.0. The van der Waals surface area contributed by atoms with Gasteiger partial charge in [-0.2, -0.15) is 5.10 Å². The summed E-state index contributed by atoms with van der Waals surface area (Å²) in [6, 6.07) is 15.9. The molecule has 4 heteroatoms. The quantitative estimate of drug-likeness (QED) is 0.504. The Morgan fingerprint density at radius 2 is 1.70 bits per heavy atom. The summed E-state index contributed by atoms with van der Waals surface area (Å²) in [4.78, 5) is 0. The summed E-state index contributed by atoms with van der Waals surface area (Å²) in [5.74, 6) is 0. The first-order valence-electron chi connectivity index (χ1n) is 6.22. The summed E-state index contributed by atoms with van der Waals surface area (Å²) in [7, 11) is 0. The summed E-state index contributed by atoms with van der Waals surface area (Å²) in [5, 5.41) is 10.4. The molecule has 0 saturated heterocycles. The van der Waals surface area contributed by atoms with Crippen molar-refractivity contribution in [1.29, 1.82) is 0 Å². The van der Waals surface area contributed by atoms with Gasteiger partial charge in [0.25, 0.3) is 0 Å². The van der Waals surface area contributed by atoms with Crippen LogP contribution < -0.4 is 0 Å². The molecule has 0 atom stereocenters. The third-order valence-electron chi connectivity index (χ3n) is 3.31. The molecule has 0 unspecified atom stereocenters. The number of hydrogen-bond donors (Lipinski definition) is 0. The Morgan fingerprint density at radius 1 is 0.900 bits per heavy atom. The monoisotopic (exact) mass is 324 g/mol. The van der Waals surface area contributed by atoms with E-state index in [0.29, 0.717) is 0 Å². The molecule has 3 nitrogen and oxygen atoms in total. The minimum atomic E-state index is 0.770. The number of aromatic nitrogens is 2. The maximum Gasteiger partial charge on any atom is 0.165 e. The molecular weight excluding hydrogens is 316 g/mol. The van der Waals surface area contributed by atoms with Gasteiger partial charge in [0.1, 0.15) is 11.3 Å². The molecule has 0 bridgehead atoms. The molecule has 0 aliphatic rings. The average Bonchev–Trinajstić information content (AvgIpc) is 2.87. The van der Waals surface area contributed by atoms with Crippen molar-refractivity contribution in [2.75, 3.05) is 0 Å². The SMILES string of the molecule is Brc1ccc(-c2nncc3c2oc2ccccc23)cc1. The Labute approximate surface area is 123 Å². The molecule has 0 aliphatic heterocycles. The van der Waals surface area contributed by atoms with E-state index in [1.807, 2.05) is 48.5 Å². The number of nitrogens with zero attached hydrogens (tertiary/aromatic N) is 2. The van der Waals surface area contributed by atoms with E-state index >= 15 is 0 Å². The molecule has 0 aliphatic carbocycles. The van der Waals surface area contributed by atoms with Crippen molar-refractivity contribution < 1.29 is 4.42 Å². The van der Waals surface area contributed by atoms with Crippen molar-refractivity contribution in [3.63, 3.8) is 0 Å². The molecule has 2 aromatic carbocycles. The van der Waals surface area contributed by atoms with E-state index in [9.17, 15) is 0 Å². The van der Waals surface area contributed by atoms with E-state index in [-0.39, 0.29) is 0 Å². The predicted molar refractivity (Wildman–Crippen MR) is 82.4 cm³/mol. The summed E-state index contributed by atoms with van der Waals surface area (Å²) in [6.07, 6.45) is 1.75. The minimum absolute atomic E-state index is 0.770. The van der Waals surface area contributed by atoms with Crippen LogP contribution in [-0.2, 0) is 0 Å². The molecule has 0 spiro atoms.